The third-order valence-corrected chi connectivity index (χ3v) is 5.16. The van der Waals surface area contributed by atoms with Gasteiger partial charge in [-0.2, -0.15) is 0 Å². The molecule has 1 unspecified atom stereocenters. The molecular formula is C21H22FN3O4. The summed E-state index contributed by atoms with van der Waals surface area (Å²) >= 11 is 0. The molecule has 1 amide bonds. The maximum absolute atomic E-state index is 13.5. The molecule has 0 radical (unpaired) electrons. The van der Waals surface area contributed by atoms with Gasteiger partial charge in [-0.1, -0.05) is 30.3 Å². The Kier molecular flexibility index (Phi) is 5.46. The summed E-state index contributed by atoms with van der Waals surface area (Å²) in [6.07, 6.45) is -0.780. The van der Waals surface area contributed by atoms with E-state index in [0.29, 0.717) is 29.8 Å². The highest BCUT2D eigenvalue weighted by atomic mass is 19.1. The third-order valence-electron chi connectivity index (χ3n) is 5.16. The van der Waals surface area contributed by atoms with Crippen LogP contribution in [0.2, 0.25) is 0 Å². The molecule has 2 N–H and O–H groups in total. The lowest BCUT2D eigenvalue weighted by Gasteiger charge is -2.25. The fraction of sp³-hybridized carbons (Fsp3) is 0.333. The predicted molar refractivity (Wildman–Crippen MR) is 103 cm³/mol. The number of aliphatic hydroxyl groups is 2. The smallest absolute Gasteiger partial charge is 0.410 e. The number of fused-ring (bicyclic) bond motifs is 1. The standard InChI is InChI=1S/C21H22FN3O4/c22-15-6-7-19-18(8-15)23-20(12-26)25(19)10-16-9-17(27)11-24(16)21(28)29-13-14-4-2-1-3-5-14/h1-8,16-17,26-27H,9-13H2/t16-,17?/m0/s1. The van der Waals surface area contributed by atoms with E-state index in [1.807, 2.05) is 30.3 Å². The Balaban J connectivity index is 1.52. The summed E-state index contributed by atoms with van der Waals surface area (Å²) < 4.78 is 20.7. The number of β-amino-alcohol motifs (C(OH)–C–C–N with tert-alkyl or cyclic N) is 1. The maximum atomic E-state index is 13.5. The summed E-state index contributed by atoms with van der Waals surface area (Å²) in [6, 6.07) is 13.3. The van der Waals surface area contributed by atoms with E-state index < -0.39 is 18.0 Å². The van der Waals surface area contributed by atoms with Crippen molar-refractivity contribution in [3.63, 3.8) is 0 Å². The fourth-order valence-corrected chi connectivity index (χ4v) is 3.78. The summed E-state index contributed by atoms with van der Waals surface area (Å²) in [5.74, 6) is -0.0290. The third kappa shape index (κ3) is 4.08. The monoisotopic (exact) mass is 399 g/mol. The minimum atomic E-state index is -0.658. The van der Waals surface area contributed by atoms with Crippen LogP contribution >= 0.6 is 0 Å². The van der Waals surface area contributed by atoms with Crippen molar-refractivity contribution < 1.29 is 24.1 Å². The topological polar surface area (TPSA) is 87.8 Å². The zero-order valence-corrected chi connectivity index (χ0v) is 15.7. The first kappa shape index (κ1) is 19.4. The number of carbonyl (C=O) groups is 1. The van der Waals surface area contributed by atoms with Crippen LogP contribution in [-0.4, -0.2) is 49.4 Å². The Morgan fingerprint density at radius 3 is 2.79 bits per heavy atom. The van der Waals surface area contributed by atoms with Crippen molar-refractivity contribution in [2.75, 3.05) is 6.54 Å². The molecule has 3 aromatic rings. The molecule has 152 valence electrons. The average molecular weight is 399 g/mol. The first-order chi connectivity index (χ1) is 14.0. The quantitative estimate of drug-likeness (QED) is 0.688. The second kappa shape index (κ2) is 8.18. The Bertz CT molecular complexity index is 1010. The van der Waals surface area contributed by atoms with Crippen LogP contribution in [0.25, 0.3) is 11.0 Å². The zero-order valence-electron chi connectivity index (χ0n) is 15.7. The number of nitrogens with zero attached hydrogens (tertiary/aromatic N) is 3. The molecule has 2 aromatic carbocycles. The number of benzene rings is 2. The molecule has 0 spiro atoms. The van der Waals surface area contributed by atoms with E-state index in [4.69, 9.17) is 4.74 Å². The lowest BCUT2D eigenvalue weighted by molar-refractivity contribution is 0.0854. The van der Waals surface area contributed by atoms with Gasteiger partial charge in [-0.05, 0) is 24.1 Å². The van der Waals surface area contributed by atoms with Crippen LogP contribution in [0.5, 0.6) is 0 Å². The molecule has 7 nitrogen and oxygen atoms in total. The van der Waals surface area contributed by atoms with Gasteiger partial charge >= 0.3 is 6.09 Å². The second-order valence-corrected chi connectivity index (χ2v) is 7.17. The SMILES string of the molecule is O=C(OCc1ccccc1)N1CC(O)C[C@H]1Cn1c(CO)nc2cc(F)ccc21. The molecular weight excluding hydrogens is 377 g/mol. The number of carbonyl (C=O) groups excluding carboxylic acids is 1. The fourth-order valence-electron chi connectivity index (χ4n) is 3.78. The summed E-state index contributed by atoms with van der Waals surface area (Å²) in [7, 11) is 0. The number of amides is 1. The van der Waals surface area contributed by atoms with Crippen LogP contribution in [0, 0.1) is 5.82 Å². The normalized spacial score (nSPS) is 19.1. The minimum absolute atomic E-state index is 0.147. The summed E-state index contributed by atoms with van der Waals surface area (Å²) in [5.41, 5.74) is 1.97. The van der Waals surface area contributed by atoms with Crippen molar-refractivity contribution in [3.05, 3.63) is 65.7 Å². The van der Waals surface area contributed by atoms with E-state index in [0.717, 1.165) is 5.56 Å². The number of aromatic nitrogens is 2. The van der Waals surface area contributed by atoms with E-state index in [-0.39, 0.29) is 25.8 Å². The van der Waals surface area contributed by atoms with E-state index in [9.17, 15) is 19.4 Å². The van der Waals surface area contributed by atoms with Crippen molar-refractivity contribution in [2.24, 2.45) is 0 Å². The number of rotatable bonds is 5. The van der Waals surface area contributed by atoms with Gasteiger partial charge < -0.3 is 24.4 Å². The minimum Gasteiger partial charge on any atom is -0.445 e. The summed E-state index contributed by atoms with van der Waals surface area (Å²) in [4.78, 5) is 18.4. The van der Waals surface area contributed by atoms with Crippen molar-refractivity contribution >= 4 is 17.1 Å². The molecule has 29 heavy (non-hydrogen) atoms. The molecule has 4 rings (SSSR count). The van der Waals surface area contributed by atoms with Gasteiger partial charge in [-0.15, -0.1) is 0 Å². The van der Waals surface area contributed by atoms with Gasteiger partial charge in [0.25, 0.3) is 0 Å². The van der Waals surface area contributed by atoms with Crippen molar-refractivity contribution in [1.82, 2.24) is 14.5 Å². The van der Waals surface area contributed by atoms with Gasteiger partial charge in [-0.3, -0.25) is 0 Å². The number of hydrogen-bond donors (Lipinski definition) is 2. The Labute approximate surface area is 167 Å². The number of likely N-dealkylation sites (tertiary alicyclic amines) is 1. The number of halogens is 1. The van der Waals surface area contributed by atoms with E-state index in [1.165, 1.54) is 17.0 Å². The average Bonchev–Trinajstić information content (AvgIpc) is 3.26. The van der Waals surface area contributed by atoms with Crippen LogP contribution < -0.4 is 0 Å². The van der Waals surface area contributed by atoms with Gasteiger partial charge in [0.15, 0.2) is 0 Å². The molecule has 0 bridgehead atoms. The predicted octanol–water partition coefficient (Wildman–Crippen LogP) is 2.44. The van der Waals surface area contributed by atoms with Crippen LogP contribution in [0.4, 0.5) is 9.18 Å². The first-order valence-corrected chi connectivity index (χ1v) is 9.46. The Morgan fingerprint density at radius 2 is 2.03 bits per heavy atom. The van der Waals surface area contributed by atoms with Crippen LogP contribution in [0.15, 0.2) is 48.5 Å². The molecule has 1 aliphatic rings. The number of hydrogen-bond acceptors (Lipinski definition) is 5. The molecule has 1 fully saturated rings. The van der Waals surface area contributed by atoms with Crippen molar-refractivity contribution in [2.45, 2.75) is 38.3 Å². The van der Waals surface area contributed by atoms with Gasteiger partial charge in [0, 0.05) is 12.6 Å². The highest BCUT2D eigenvalue weighted by Crippen LogP contribution is 2.25. The molecule has 2 atom stereocenters. The molecule has 1 aromatic heterocycles. The molecule has 0 saturated carbocycles. The number of ether oxygens (including phenoxy) is 1. The second-order valence-electron chi connectivity index (χ2n) is 7.17. The molecule has 2 heterocycles. The lowest BCUT2D eigenvalue weighted by Crippen LogP contribution is -2.39. The van der Waals surface area contributed by atoms with Crippen LogP contribution in [0.1, 0.15) is 17.8 Å². The van der Waals surface area contributed by atoms with Crippen LogP contribution in [-0.2, 0) is 24.5 Å². The number of aliphatic hydroxyl groups excluding tert-OH is 2. The Morgan fingerprint density at radius 1 is 1.24 bits per heavy atom. The number of imidazole rings is 1. The van der Waals surface area contributed by atoms with Crippen molar-refractivity contribution in [3.8, 4) is 0 Å². The van der Waals surface area contributed by atoms with E-state index in [2.05, 4.69) is 4.98 Å². The van der Waals surface area contributed by atoms with Gasteiger partial charge in [0.2, 0.25) is 0 Å². The van der Waals surface area contributed by atoms with Crippen LogP contribution in [0.3, 0.4) is 0 Å². The van der Waals surface area contributed by atoms with Gasteiger partial charge in [0.05, 0.1) is 29.7 Å². The zero-order chi connectivity index (χ0) is 20.4. The Hall–Kier alpha value is -2.97. The molecule has 1 saturated heterocycles. The van der Waals surface area contributed by atoms with Gasteiger partial charge in [0.1, 0.15) is 24.9 Å². The van der Waals surface area contributed by atoms with Gasteiger partial charge in [-0.25, -0.2) is 14.2 Å². The maximum Gasteiger partial charge on any atom is 0.410 e. The van der Waals surface area contributed by atoms with Crippen molar-refractivity contribution in [1.29, 1.82) is 0 Å². The largest absolute Gasteiger partial charge is 0.445 e. The first-order valence-electron chi connectivity index (χ1n) is 9.46. The highest BCUT2D eigenvalue weighted by molar-refractivity contribution is 5.76. The lowest BCUT2D eigenvalue weighted by atomic mass is 10.2. The summed E-state index contributed by atoms with van der Waals surface area (Å²) in [5, 5.41) is 19.8. The molecule has 0 aliphatic carbocycles. The van der Waals surface area contributed by atoms with E-state index in [1.54, 1.807) is 10.6 Å². The molecule has 1 aliphatic heterocycles. The summed E-state index contributed by atoms with van der Waals surface area (Å²) in [6.45, 7) is 0.321. The van der Waals surface area contributed by atoms with E-state index >= 15 is 0 Å². The molecule has 8 heteroatoms. The highest BCUT2D eigenvalue weighted by Gasteiger charge is 2.36.